The van der Waals surface area contributed by atoms with Crippen LogP contribution >= 0.6 is 0 Å². The van der Waals surface area contributed by atoms with Gasteiger partial charge in [-0.1, -0.05) is 24.3 Å². The number of carbonyl (C=O) groups is 2. The Balaban J connectivity index is 0.00000280. The molecule has 198 valence electrons. The first kappa shape index (κ1) is 34.0. The number of nitrogen functional groups attached to an aromatic ring is 1. The number of amides is 2. The number of hydrogen-bond acceptors (Lipinski definition) is 9. The van der Waals surface area contributed by atoms with Gasteiger partial charge in [-0.15, -0.1) is 0 Å². The summed E-state index contributed by atoms with van der Waals surface area (Å²) in [5.74, 6) is -1.30. The van der Waals surface area contributed by atoms with Crippen molar-refractivity contribution in [1.82, 2.24) is 4.57 Å². The van der Waals surface area contributed by atoms with Gasteiger partial charge in [0.25, 0.3) is 11.8 Å². The van der Waals surface area contributed by atoms with Crippen molar-refractivity contribution < 1.29 is 94.6 Å². The summed E-state index contributed by atoms with van der Waals surface area (Å²) in [6.45, 7) is 1.64. The van der Waals surface area contributed by atoms with Crippen LogP contribution in [0.2, 0.25) is 0 Å². The van der Waals surface area contributed by atoms with Crippen molar-refractivity contribution in [3.8, 4) is 0 Å². The van der Waals surface area contributed by atoms with E-state index in [2.05, 4.69) is 10.6 Å². The number of aromatic nitrogens is 1. The van der Waals surface area contributed by atoms with Crippen LogP contribution in [-0.4, -0.2) is 42.3 Å². The largest absolute Gasteiger partial charge is 1.00 e. The fourth-order valence-electron chi connectivity index (χ4n) is 3.99. The maximum atomic E-state index is 13.1. The molecular formula is C24H20N4Na2O8S2. The molecule has 3 aromatic carbocycles. The van der Waals surface area contributed by atoms with E-state index in [1.165, 1.54) is 23.7 Å². The summed E-state index contributed by atoms with van der Waals surface area (Å²) in [5.41, 5.74) is 6.79. The number of nitrogens with two attached hydrogens (primary N) is 1. The topological polar surface area (TPSA) is 204 Å². The SMILES string of the molecule is Cc1c(NC(=O)c2cccc(N)c2)cc(C(=O)Nc2ccc3c(S(=O)(=O)[O-])cccc3c2S(=O)(=O)[O-])n1C.[Na+].[Na+]. The fourth-order valence-corrected chi connectivity index (χ4v) is 5.52. The molecule has 4 aromatic rings. The third kappa shape index (κ3) is 6.97. The molecule has 0 unspecified atom stereocenters. The Labute approximate surface area is 274 Å². The second kappa shape index (κ2) is 12.7. The Morgan fingerprint density at radius 1 is 0.800 bits per heavy atom. The van der Waals surface area contributed by atoms with Crippen LogP contribution in [0.3, 0.4) is 0 Å². The van der Waals surface area contributed by atoms with Crippen LogP contribution < -0.4 is 75.5 Å². The maximum absolute atomic E-state index is 13.1. The first-order valence-electron chi connectivity index (χ1n) is 10.8. The minimum absolute atomic E-state index is 0. The fraction of sp³-hybridized carbons (Fsp3) is 0.0833. The van der Waals surface area contributed by atoms with E-state index in [1.54, 1.807) is 25.1 Å². The van der Waals surface area contributed by atoms with Gasteiger partial charge in [0.05, 0.1) is 21.2 Å². The summed E-state index contributed by atoms with van der Waals surface area (Å²) in [7, 11) is -8.70. The molecule has 0 aliphatic rings. The molecule has 40 heavy (non-hydrogen) atoms. The number of nitrogens with one attached hydrogen (secondary N) is 2. The summed E-state index contributed by atoms with van der Waals surface area (Å²) in [4.78, 5) is 24.2. The van der Waals surface area contributed by atoms with E-state index >= 15 is 0 Å². The van der Waals surface area contributed by atoms with Crippen molar-refractivity contribution in [2.75, 3.05) is 16.4 Å². The molecule has 4 N–H and O–H groups in total. The molecule has 0 aliphatic carbocycles. The Bertz CT molecular complexity index is 1860. The molecule has 0 fully saturated rings. The predicted octanol–water partition coefficient (Wildman–Crippen LogP) is -3.61. The summed E-state index contributed by atoms with van der Waals surface area (Å²) in [5, 5.41) is 4.43. The smallest absolute Gasteiger partial charge is 0.744 e. The van der Waals surface area contributed by atoms with Crippen LogP contribution in [0.15, 0.2) is 70.5 Å². The van der Waals surface area contributed by atoms with Crippen molar-refractivity contribution in [2.45, 2.75) is 16.7 Å². The molecule has 2 amide bonds. The molecule has 4 rings (SSSR count). The van der Waals surface area contributed by atoms with E-state index in [4.69, 9.17) is 5.73 Å². The predicted molar refractivity (Wildman–Crippen MR) is 137 cm³/mol. The first-order valence-corrected chi connectivity index (χ1v) is 13.6. The van der Waals surface area contributed by atoms with Gasteiger partial charge < -0.3 is 30.0 Å². The quantitative estimate of drug-likeness (QED) is 0.113. The van der Waals surface area contributed by atoms with Gasteiger partial charge in [0.2, 0.25) is 0 Å². The average molecular weight is 603 g/mol. The van der Waals surface area contributed by atoms with Crippen LogP contribution in [0, 0.1) is 6.92 Å². The molecule has 12 nitrogen and oxygen atoms in total. The van der Waals surface area contributed by atoms with E-state index in [-0.39, 0.29) is 75.6 Å². The Morgan fingerprint density at radius 2 is 1.43 bits per heavy atom. The van der Waals surface area contributed by atoms with E-state index in [0.717, 1.165) is 30.3 Å². The molecule has 16 heteroatoms. The van der Waals surface area contributed by atoms with Crippen LogP contribution in [0.1, 0.15) is 26.5 Å². The van der Waals surface area contributed by atoms with Gasteiger partial charge >= 0.3 is 59.1 Å². The molecule has 0 spiro atoms. The van der Waals surface area contributed by atoms with Gasteiger partial charge in [0, 0.05) is 34.8 Å². The number of carbonyl (C=O) groups excluding carboxylic acids is 2. The van der Waals surface area contributed by atoms with Crippen molar-refractivity contribution in [3.63, 3.8) is 0 Å². The number of nitrogens with zero attached hydrogens (tertiary/aromatic N) is 1. The molecule has 1 heterocycles. The average Bonchev–Trinajstić information content (AvgIpc) is 3.10. The molecule has 0 bridgehead atoms. The summed E-state index contributed by atoms with van der Waals surface area (Å²) < 4.78 is 72.8. The molecule has 0 radical (unpaired) electrons. The number of fused-ring (bicyclic) bond motifs is 1. The van der Waals surface area contributed by atoms with Gasteiger partial charge in [-0.25, -0.2) is 16.8 Å². The van der Waals surface area contributed by atoms with E-state index in [9.17, 15) is 35.5 Å². The van der Waals surface area contributed by atoms with Crippen LogP contribution in [0.25, 0.3) is 10.8 Å². The van der Waals surface area contributed by atoms with Crippen molar-refractivity contribution in [1.29, 1.82) is 0 Å². The Morgan fingerprint density at radius 3 is 2.02 bits per heavy atom. The number of hydrogen-bond donors (Lipinski definition) is 3. The Hall–Kier alpha value is -2.24. The van der Waals surface area contributed by atoms with E-state index < -0.39 is 47.5 Å². The van der Waals surface area contributed by atoms with E-state index in [0.29, 0.717) is 22.6 Å². The molecule has 0 saturated heterocycles. The van der Waals surface area contributed by atoms with Gasteiger partial charge in [0.15, 0.2) is 0 Å². The zero-order valence-electron chi connectivity index (χ0n) is 21.9. The maximum Gasteiger partial charge on any atom is 1.00 e. The van der Waals surface area contributed by atoms with Gasteiger partial charge in [-0.2, -0.15) is 0 Å². The van der Waals surface area contributed by atoms with Crippen molar-refractivity contribution in [2.24, 2.45) is 7.05 Å². The zero-order valence-corrected chi connectivity index (χ0v) is 27.5. The van der Waals surface area contributed by atoms with Crippen molar-refractivity contribution >= 4 is 59.9 Å². The minimum Gasteiger partial charge on any atom is -0.744 e. The summed E-state index contributed by atoms with van der Waals surface area (Å²) in [6.07, 6.45) is 0. The second-order valence-electron chi connectivity index (χ2n) is 8.32. The normalized spacial score (nSPS) is 11.3. The monoisotopic (exact) mass is 602 g/mol. The molecule has 0 atom stereocenters. The third-order valence-corrected chi connectivity index (χ3v) is 7.74. The standard InChI is InChI=1S/C24H22N4O8S2.2Na/c1-13-19(27-23(29)14-5-3-6-15(25)11-14)12-20(28(13)2)24(30)26-18-10-9-16-17(22(18)38(34,35)36)7-4-8-21(16)37(31,32)33;;/h3-12H,25H2,1-2H3,(H,26,30)(H,27,29)(H,31,32,33)(H,34,35,36);;/q;2*+1/p-2. The third-order valence-electron chi connectivity index (χ3n) is 5.90. The Kier molecular flexibility index (Phi) is 10.8. The molecule has 0 aliphatic heterocycles. The number of rotatable bonds is 6. The number of benzene rings is 3. The zero-order chi connectivity index (χ0) is 28.0. The second-order valence-corrected chi connectivity index (χ2v) is 11.0. The van der Waals surface area contributed by atoms with Crippen LogP contribution in [0.5, 0.6) is 0 Å². The molecular weight excluding hydrogens is 582 g/mol. The van der Waals surface area contributed by atoms with Crippen LogP contribution in [-0.2, 0) is 27.3 Å². The summed E-state index contributed by atoms with van der Waals surface area (Å²) >= 11 is 0. The van der Waals surface area contributed by atoms with Gasteiger partial charge in [0.1, 0.15) is 25.9 Å². The van der Waals surface area contributed by atoms with Gasteiger partial charge in [-0.05, 0) is 43.3 Å². The molecule has 0 saturated carbocycles. The van der Waals surface area contributed by atoms with Crippen molar-refractivity contribution in [3.05, 3.63) is 77.6 Å². The minimum atomic E-state index is -5.25. The first-order chi connectivity index (χ1) is 17.7. The van der Waals surface area contributed by atoms with Crippen LogP contribution in [0.4, 0.5) is 17.1 Å². The van der Waals surface area contributed by atoms with Gasteiger partial charge in [-0.3, -0.25) is 9.59 Å². The summed E-state index contributed by atoms with van der Waals surface area (Å²) in [6, 6.07) is 13.0. The molecule has 1 aromatic heterocycles. The van der Waals surface area contributed by atoms with E-state index in [1.807, 2.05) is 0 Å². The number of anilines is 3.